The predicted octanol–water partition coefficient (Wildman–Crippen LogP) is 8.18. The summed E-state index contributed by atoms with van der Waals surface area (Å²) < 4.78 is 0. The van der Waals surface area contributed by atoms with Gasteiger partial charge in [0, 0.05) is 12.4 Å². The second-order valence-corrected chi connectivity index (χ2v) is 8.18. The van der Waals surface area contributed by atoms with Crippen LogP contribution in [0, 0.1) is 6.92 Å². The molecule has 0 aliphatic carbocycles. The first-order chi connectivity index (χ1) is 15.2. The van der Waals surface area contributed by atoms with Crippen molar-refractivity contribution in [3.8, 4) is 0 Å². The molecule has 0 N–H and O–H groups in total. The van der Waals surface area contributed by atoms with Crippen LogP contribution in [-0.4, -0.2) is 12.4 Å². The maximum Gasteiger partial charge on any atom is 0.0660 e. The minimum Gasteiger partial charge on any atom is -0.256 e. The minimum absolute atomic E-state index is 0.951. The first-order valence-corrected chi connectivity index (χ1v) is 11.5. The van der Waals surface area contributed by atoms with Crippen LogP contribution in [0.4, 0.5) is 11.4 Å². The molecule has 0 radical (unpaired) electrons. The van der Waals surface area contributed by atoms with Gasteiger partial charge in [-0.05, 0) is 78.6 Å². The van der Waals surface area contributed by atoms with E-state index >= 15 is 0 Å². The number of benzene rings is 3. The highest BCUT2D eigenvalue weighted by Gasteiger charge is 1.99. The average molecular weight is 411 g/mol. The molecule has 160 valence electrons. The zero-order chi connectivity index (χ0) is 21.9. The predicted molar refractivity (Wildman–Crippen MR) is 136 cm³/mol. The summed E-state index contributed by atoms with van der Waals surface area (Å²) in [5.41, 5.74) is 8.11. The number of hydrogen-bond acceptors (Lipinski definition) is 2. The van der Waals surface area contributed by atoms with Crippen LogP contribution in [0.3, 0.4) is 0 Å². The van der Waals surface area contributed by atoms with Crippen LogP contribution in [0.15, 0.2) is 76.7 Å². The van der Waals surface area contributed by atoms with Crippen LogP contribution < -0.4 is 0 Å². The van der Waals surface area contributed by atoms with E-state index in [2.05, 4.69) is 85.4 Å². The Kier molecular flexibility index (Phi) is 8.78. The molecule has 0 bridgehead atoms. The molecule has 0 saturated heterocycles. The summed E-state index contributed by atoms with van der Waals surface area (Å²) in [6.07, 6.45) is 11.1. The van der Waals surface area contributed by atoms with Crippen molar-refractivity contribution < 1.29 is 0 Å². The van der Waals surface area contributed by atoms with Crippen molar-refractivity contribution in [1.29, 1.82) is 0 Å². The van der Waals surface area contributed by atoms with Gasteiger partial charge in [-0.1, -0.05) is 75.2 Å². The maximum atomic E-state index is 4.68. The molecule has 0 unspecified atom stereocenters. The number of nitrogens with zero attached hydrogens (tertiary/aromatic N) is 2. The van der Waals surface area contributed by atoms with Crippen LogP contribution >= 0.6 is 0 Å². The van der Waals surface area contributed by atoms with E-state index in [0.29, 0.717) is 0 Å². The topological polar surface area (TPSA) is 24.7 Å². The molecule has 0 fully saturated rings. The van der Waals surface area contributed by atoms with E-state index in [-0.39, 0.29) is 0 Å². The van der Waals surface area contributed by atoms with Crippen molar-refractivity contribution in [2.24, 2.45) is 9.98 Å². The van der Waals surface area contributed by atoms with Crippen molar-refractivity contribution in [1.82, 2.24) is 0 Å². The lowest BCUT2D eigenvalue weighted by Gasteiger charge is -2.03. The first-order valence-electron chi connectivity index (χ1n) is 11.5. The zero-order valence-corrected chi connectivity index (χ0v) is 19.1. The molecule has 0 aromatic heterocycles. The second kappa shape index (κ2) is 12.0. The summed E-state index contributed by atoms with van der Waals surface area (Å²) in [6, 6.07) is 23.6. The fourth-order valence-electron chi connectivity index (χ4n) is 3.46. The Labute approximate surface area is 187 Å². The molecule has 0 amide bonds. The Morgan fingerprint density at radius 3 is 1.65 bits per heavy atom. The van der Waals surface area contributed by atoms with E-state index in [4.69, 9.17) is 0 Å². The fraction of sp³-hybridized carbons (Fsp3) is 0.310. The Hall–Kier alpha value is -3.00. The highest BCUT2D eigenvalue weighted by molar-refractivity contribution is 5.83. The number of aliphatic imine (C=N–C) groups is 2. The third kappa shape index (κ3) is 7.32. The van der Waals surface area contributed by atoms with Gasteiger partial charge in [0.2, 0.25) is 0 Å². The summed E-state index contributed by atoms with van der Waals surface area (Å²) in [4.78, 5) is 9.33. The van der Waals surface area contributed by atoms with E-state index in [1.54, 1.807) is 0 Å². The molecule has 31 heavy (non-hydrogen) atoms. The number of rotatable bonds is 10. The molecule has 3 rings (SSSR count). The Balaban J connectivity index is 1.61. The van der Waals surface area contributed by atoms with E-state index in [1.165, 1.54) is 36.8 Å². The third-order valence-corrected chi connectivity index (χ3v) is 5.49. The normalized spacial score (nSPS) is 11.6. The Morgan fingerprint density at radius 2 is 1.16 bits per heavy atom. The summed E-state index contributed by atoms with van der Waals surface area (Å²) in [6.45, 7) is 6.54. The fourth-order valence-corrected chi connectivity index (χ4v) is 3.46. The van der Waals surface area contributed by atoms with Gasteiger partial charge in [-0.3, -0.25) is 9.98 Å². The number of aryl methyl sites for hydroxylation is 3. The van der Waals surface area contributed by atoms with E-state index in [1.807, 2.05) is 24.6 Å². The highest BCUT2D eigenvalue weighted by atomic mass is 14.7. The molecule has 2 heteroatoms. The van der Waals surface area contributed by atoms with E-state index in [9.17, 15) is 0 Å². The van der Waals surface area contributed by atoms with Gasteiger partial charge in [-0.2, -0.15) is 0 Å². The summed E-state index contributed by atoms with van der Waals surface area (Å²) in [5.74, 6) is 0. The summed E-state index contributed by atoms with van der Waals surface area (Å²) >= 11 is 0. The van der Waals surface area contributed by atoms with Gasteiger partial charge in [-0.15, -0.1) is 0 Å². The van der Waals surface area contributed by atoms with Gasteiger partial charge < -0.3 is 0 Å². The lowest BCUT2D eigenvalue weighted by atomic mass is 10.1. The van der Waals surface area contributed by atoms with Crippen molar-refractivity contribution in [2.75, 3.05) is 0 Å². The first kappa shape index (κ1) is 22.7. The maximum absolute atomic E-state index is 4.68. The molecule has 3 aromatic carbocycles. The smallest absolute Gasteiger partial charge is 0.0660 e. The van der Waals surface area contributed by atoms with E-state index in [0.717, 1.165) is 40.9 Å². The quantitative estimate of drug-likeness (QED) is 0.301. The van der Waals surface area contributed by atoms with Crippen molar-refractivity contribution in [3.63, 3.8) is 0 Å². The standard InChI is InChI=1S/C29H34N2/c1-4-6-8-24-10-14-26(15-11-24)21-30-28-18-19-29(23(3)20-28)31-22-27-16-12-25(13-17-27)9-7-5-2/h10-22H,4-9H2,1-3H3. The van der Waals surface area contributed by atoms with E-state index < -0.39 is 0 Å². The van der Waals surface area contributed by atoms with Gasteiger partial charge in [0.1, 0.15) is 0 Å². The monoisotopic (exact) mass is 410 g/mol. The molecule has 0 aliphatic rings. The molecule has 0 spiro atoms. The highest BCUT2D eigenvalue weighted by Crippen LogP contribution is 2.24. The SMILES string of the molecule is CCCCc1ccc(C=Nc2ccc(N=Cc3ccc(CCCC)cc3)c(C)c2)cc1. The minimum atomic E-state index is 0.951. The molecule has 0 atom stereocenters. The third-order valence-electron chi connectivity index (χ3n) is 5.49. The molecule has 3 aromatic rings. The van der Waals surface area contributed by atoms with Crippen LogP contribution in [0.2, 0.25) is 0 Å². The molecule has 0 saturated carbocycles. The molecule has 0 aliphatic heterocycles. The van der Waals surface area contributed by atoms with Crippen LogP contribution in [-0.2, 0) is 12.8 Å². The van der Waals surface area contributed by atoms with Crippen molar-refractivity contribution in [2.45, 2.75) is 59.3 Å². The zero-order valence-electron chi connectivity index (χ0n) is 19.1. The molecular formula is C29H34N2. The number of hydrogen-bond donors (Lipinski definition) is 0. The molecule has 2 nitrogen and oxygen atoms in total. The molecule has 0 heterocycles. The lowest BCUT2D eigenvalue weighted by molar-refractivity contribution is 0.795. The van der Waals surface area contributed by atoms with Crippen molar-refractivity contribution in [3.05, 3.63) is 94.5 Å². The van der Waals surface area contributed by atoms with Gasteiger partial charge >= 0.3 is 0 Å². The van der Waals surface area contributed by atoms with Gasteiger partial charge in [0.15, 0.2) is 0 Å². The molecular weight excluding hydrogens is 376 g/mol. The average Bonchev–Trinajstić information content (AvgIpc) is 2.81. The van der Waals surface area contributed by atoms with Crippen molar-refractivity contribution >= 4 is 23.8 Å². The summed E-state index contributed by atoms with van der Waals surface area (Å²) in [5, 5.41) is 0. The lowest BCUT2D eigenvalue weighted by Crippen LogP contribution is -1.87. The summed E-state index contributed by atoms with van der Waals surface area (Å²) in [7, 11) is 0. The van der Waals surface area contributed by atoms with Gasteiger partial charge in [0.05, 0.1) is 11.4 Å². The largest absolute Gasteiger partial charge is 0.256 e. The second-order valence-electron chi connectivity index (χ2n) is 8.18. The van der Waals surface area contributed by atoms with Crippen LogP contribution in [0.5, 0.6) is 0 Å². The Morgan fingerprint density at radius 1 is 0.645 bits per heavy atom. The van der Waals surface area contributed by atoms with Crippen LogP contribution in [0.1, 0.15) is 67.3 Å². The Bertz CT molecular complexity index is 996. The van der Waals surface area contributed by atoms with Crippen LogP contribution in [0.25, 0.3) is 0 Å². The van der Waals surface area contributed by atoms with Gasteiger partial charge in [-0.25, -0.2) is 0 Å². The van der Waals surface area contributed by atoms with Gasteiger partial charge in [0.25, 0.3) is 0 Å². The number of unbranched alkanes of at least 4 members (excludes halogenated alkanes) is 2.